The van der Waals surface area contributed by atoms with Crippen molar-refractivity contribution in [2.75, 3.05) is 24.2 Å². The lowest BCUT2D eigenvalue weighted by Gasteiger charge is -2.19. The molecule has 0 atom stereocenters. The van der Waals surface area contributed by atoms with Crippen LogP contribution in [-0.4, -0.2) is 19.6 Å². The Labute approximate surface area is 94.0 Å². The zero-order chi connectivity index (χ0) is 11.4. The maximum Gasteiger partial charge on any atom is 0.321 e. The van der Waals surface area contributed by atoms with Crippen LogP contribution in [0, 0.1) is 0 Å². The van der Waals surface area contributed by atoms with E-state index in [-0.39, 0.29) is 6.03 Å². The predicted molar refractivity (Wildman–Crippen MR) is 63.3 cm³/mol. The molecule has 0 saturated heterocycles. The van der Waals surface area contributed by atoms with Crippen LogP contribution < -0.4 is 16.0 Å². The first-order valence-corrected chi connectivity index (χ1v) is 5.00. The van der Waals surface area contributed by atoms with Crippen molar-refractivity contribution in [3.8, 4) is 0 Å². The van der Waals surface area contributed by atoms with Crippen molar-refractivity contribution in [3.63, 3.8) is 0 Å². The monoisotopic (exact) mass is 227 g/mol. The van der Waals surface area contributed by atoms with E-state index in [1.54, 1.807) is 25.2 Å². The number of carbonyl (C=O) groups is 1. The molecule has 0 saturated carbocycles. The van der Waals surface area contributed by atoms with E-state index in [1.165, 1.54) is 4.90 Å². The van der Waals surface area contributed by atoms with E-state index >= 15 is 0 Å². The topological polar surface area (TPSA) is 58.4 Å². The highest BCUT2D eigenvalue weighted by molar-refractivity contribution is 6.31. The van der Waals surface area contributed by atoms with Gasteiger partial charge in [-0.3, -0.25) is 4.90 Å². The zero-order valence-corrected chi connectivity index (χ0v) is 9.51. The van der Waals surface area contributed by atoms with E-state index in [1.807, 2.05) is 6.92 Å². The standard InChI is InChI=1S/C10H14ClN3O/c1-3-13-10(15)14(2)9-6-7(11)4-5-8(9)12/h4-6H,3,12H2,1-2H3,(H,13,15). The Hall–Kier alpha value is -1.42. The molecule has 2 amide bonds. The summed E-state index contributed by atoms with van der Waals surface area (Å²) in [6.07, 6.45) is 0. The summed E-state index contributed by atoms with van der Waals surface area (Å²) in [6.45, 7) is 2.43. The number of benzene rings is 1. The fraction of sp³-hybridized carbons (Fsp3) is 0.300. The lowest BCUT2D eigenvalue weighted by atomic mass is 10.2. The number of anilines is 2. The average Bonchev–Trinajstić information content (AvgIpc) is 2.21. The summed E-state index contributed by atoms with van der Waals surface area (Å²) in [4.78, 5) is 13.0. The van der Waals surface area contributed by atoms with Gasteiger partial charge >= 0.3 is 6.03 Å². The van der Waals surface area contributed by atoms with Crippen molar-refractivity contribution in [1.82, 2.24) is 5.32 Å². The number of nitrogen functional groups attached to an aromatic ring is 1. The minimum Gasteiger partial charge on any atom is -0.397 e. The van der Waals surface area contributed by atoms with Crippen molar-refractivity contribution in [2.24, 2.45) is 0 Å². The Balaban J connectivity index is 2.94. The smallest absolute Gasteiger partial charge is 0.321 e. The van der Waals surface area contributed by atoms with Gasteiger partial charge in [0, 0.05) is 18.6 Å². The van der Waals surface area contributed by atoms with Gasteiger partial charge in [-0.05, 0) is 25.1 Å². The van der Waals surface area contributed by atoms with Crippen LogP contribution in [0.3, 0.4) is 0 Å². The van der Waals surface area contributed by atoms with Crippen molar-refractivity contribution in [2.45, 2.75) is 6.92 Å². The number of rotatable bonds is 2. The molecular formula is C10H14ClN3O. The Morgan fingerprint density at radius 1 is 1.60 bits per heavy atom. The Morgan fingerprint density at radius 3 is 2.87 bits per heavy atom. The van der Waals surface area contributed by atoms with Gasteiger partial charge in [-0.2, -0.15) is 0 Å². The summed E-state index contributed by atoms with van der Waals surface area (Å²) < 4.78 is 0. The minimum atomic E-state index is -0.202. The first-order valence-electron chi connectivity index (χ1n) is 4.62. The molecule has 0 aliphatic rings. The molecule has 3 N–H and O–H groups in total. The second-order valence-corrected chi connectivity index (χ2v) is 3.53. The second kappa shape index (κ2) is 4.89. The molecule has 0 spiro atoms. The quantitative estimate of drug-likeness (QED) is 0.761. The van der Waals surface area contributed by atoms with Crippen molar-refractivity contribution in [3.05, 3.63) is 23.2 Å². The number of amides is 2. The summed E-state index contributed by atoms with van der Waals surface area (Å²) in [5.74, 6) is 0. The van der Waals surface area contributed by atoms with Gasteiger partial charge in [0.25, 0.3) is 0 Å². The molecule has 0 radical (unpaired) electrons. The molecule has 0 aliphatic heterocycles. The summed E-state index contributed by atoms with van der Waals surface area (Å²) in [6, 6.07) is 4.82. The molecule has 0 heterocycles. The van der Waals surface area contributed by atoms with E-state index in [9.17, 15) is 4.79 Å². The number of nitrogens with two attached hydrogens (primary N) is 1. The van der Waals surface area contributed by atoms with E-state index in [4.69, 9.17) is 17.3 Å². The summed E-state index contributed by atoms with van der Waals surface area (Å²) in [5.41, 5.74) is 6.87. The van der Waals surface area contributed by atoms with E-state index < -0.39 is 0 Å². The van der Waals surface area contributed by atoms with Crippen LogP contribution in [0.5, 0.6) is 0 Å². The van der Waals surface area contributed by atoms with Gasteiger partial charge in [0.1, 0.15) is 0 Å². The minimum absolute atomic E-state index is 0.202. The van der Waals surface area contributed by atoms with E-state index in [0.717, 1.165) is 0 Å². The molecule has 0 unspecified atom stereocenters. The van der Waals surface area contributed by atoms with Crippen molar-refractivity contribution < 1.29 is 4.79 Å². The van der Waals surface area contributed by atoms with Crippen LogP contribution >= 0.6 is 11.6 Å². The summed E-state index contributed by atoms with van der Waals surface area (Å²) in [7, 11) is 1.65. The van der Waals surface area contributed by atoms with Crippen molar-refractivity contribution in [1.29, 1.82) is 0 Å². The third-order valence-corrected chi connectivity index (χ3v) is 2.22. The first-order chi connectivity index (χ1) is 7.06. The molecular weight excluding hydrogens is 214 g/mol. The van der Waals surface area contributed by atoms with Crippen LogP contribution in [0.25, 0.3) is 0 Å². The second-order valence-electron chi connectivity index (χ2n) is 3.10. The molecule has 5 heteroatoms. The summed E-state index contributed by atoms with van der Waals surface area (Å²) >= 11 is 5.83. The zero-order valence-electron chi connectivity index (χ0n) is 8.75. The maximum absolute atomic E-state index is 11.5. The Bertz CT molecular complexity index is 368. The number of urea groups is 1. The molecule has 0 fully saturated rings. The molecule has 0 aromatic heterocycles. The van der Waals surface area contributed by atoms with Crippen LogP contribution in [-0.2, 0) is 0 Å². The van der Waals surface area contributed by atoms with E-state index in [2.05, 4.69) is 5.32 Å². The molecule has 15 heavy (non-hydrogen) atoms. The maximum atomic E-state index is 11.5. The number of carbonyl (C=O) groups excluding carboxylic acids is 1. The van der Waals surface area contributed by atoms with Crippen LogP contribution in [0.1, 0.15) is 6.92 Å². The third-order valence-electron chi connectivity index (χ3n) is 1.99. The van der Waals surface area contributed by atoms with Crippen LogP contribution in [0.15, 0.2) is 18.2 Å². The number of hydrogen-bond acceptors (Lipinski definition) is 2. The molecule has 0 aliphatic carbocycles. The number of hydrogen-bond donors (Lipinski definition) is 2. The molecule has 82 valence electrons. The number of halogens is 1. The highest BCUT2D eigenvalue weighted by Gasteiger charge is 2.12. The van der Waals surface area contributed by atoms with Crippen molar-refractivity contribution >= 4 is 29.0 Å². The number of nitrogens with one attached hydrogen (secondary N) is 1. The molecule has 1 rings (SSSR count). The molecule has 4 nitrogen and oxygen atoms in total. The largest absolute Gasteiger partial charge is 0.397 e. The lowest BCUT2D eigenvalue weighted by molar-refractivity contribution is 0.248. The highest BCUT2D eigenvalue weighted by Crippen LogP contribution is 2.25. The fourth-order valence-corrected chi connectivity index (χ4v) is 1.35. The lowest BCUT2D eigenvalue weighted by Crippen LogP contribution is -2.37. The third kappa shape index (κ3) is 2.76. The van der Waals surface area contributed by atoms with Gasteiger partial charge in [0.15, 0.2) is 0 Å². The molecule has 1 aromatic carbocycles. The van der Waals surface area contributed by atoms with Gasteiger partial charge in [-0.15, -0.1) is 0 Å². The van der Waals surface area contributed by atoms with Crippen LogP contribution in [0.2, 0.25) is 5.02 Å². The molecule has 0 bridgehead atoms. The Kier molecular flexibility index (Phi) is 3.80. The van der Waals surface area contributed by atoms with Gasteiger partial charge in [0.2, 0.25) is 0 Å². The average molecular weight is 228 g/mol. The van der Waals surface area contributed by atoms with Gasteiger partial charge in [-0.25, -0.2) is 4.79 Å². The normalized spacial score (nSPS) is 9.80. The highest BCUT2D eigenvalue weighted by atomic mass is 35.5. The Morgan fingerprint density at radius 2 is 2.27 bits per heavy atom. The SMILES string of the molecule is CCNC(=O)N(C)c1cc(Cl)ccc1N. The van der Waals surface area contributed by atoms with Gasteiger partial charge in [-0.1, -0.05) is 11.6 Å². The predicted octanol–water partition coefficient (Wildman–Crippen LogP) is 2.09. The van der Waals surface area contributed by atoms with Gasteiger partial charge < -0.3 is 11.1 Å². The van der Waals surface area contributed by atoms with E-state index in [0.29, 0.717) is 22.9 Å². The van der Waals surface area contributed by atoms with Crippen LogP contribution in [0.4, 0.5) is 16.2 Å². The van der Waals surface area contributed by atoms with Gasteiger partial charge in [0.05, 0.1) is 11.4 Å². The molecule has 1 aromatic rings. The number of nitrogens with zero attached hydrogens (tertiary/aromatic N) is 1. The first kappa shape index (κ1) is 11.7. The fourth-order valence-electron chi connectivity index (χ4n) is 1.19. The summed E-state index contributed by atoms with van der Waals surface area (Å²) in [5, 5.41) is 3.23.